The van der Waals surface area contributed by atoms with E-state index in [0.29, 0.717) is 17.3 Å². The third-order valence-electron chi connectivity index (χ3n) is 3.88. The number of ketones is 1. The van der Waals surface area contributed by atoms with Crippen LogP contribution in [0.5, 0.6) is 0 Å². The van der Waals surface area contributed by atoms with E-state index in [0.717, 1.165) is 25.9 Å². The topological polar surface area (TPSA) is 26.3 Å². The van der Waals surface area contributed by atoms with Gasteiger partial charge in [-0.25, -0.2) is 0 Å². The molecule has 0 spiro atoms. The summed E-state index contributed by atoms with van der Waals surface area (Å²) in [6, 6.07) is 0. The highest BCUT2D eigenvalue weighted by Crippen LogP contribution is 2.36. The Balaban J connectivity index is 2.05. The molecule has 1 saturated carbocycles. The van der Waals surface area contributed by atoms with Gasteiger partial charge in [-0.1, -0.05) is 48.0 Å². The summed E-state index contributed by atoms with van der Waals surface area (Å²) in [5.74, 6) is 0.652. The number of hydrogen-bond acceptors (Lipinski definition) is 2. The predicted molar refractivity (Wildman–Crippen MR) is 80.2 cm³/mol. The van der Waals surface area contributed by atoms with Crippen molar-refractivity contribution in [3.05, 3.63) is 0 Å². The van der Waals surface area contributed by atoms with Gasteiger partial charge < -0.3 is 4.74 Å². The molecule has 0 unspecified atom stereocenters. The lowest BCUT2D eigenvalue weighted by Gasteiger charge is -2.37. The summed E-state index contributed by atoms with van der Waals surface area (Å²) in [5.41, 5.74) is 0.239. The lowest BCUT2D eigenvalue weighted by atomic mass is 9.71. The van der Waals surface area contributed by atoms with Crippen LogP contribution in [0.4, 0.5) is 0 Å². The van der Waals surface area contributed by atoms with Crippen LogP contribution >= 0.6 is 0 Å². The molecule has 1 rings (SSSR count). The van der Waals surface area contributed by atoms with Crippen molar-refractivity contribution < 1.29 is 9.53 Å². The Morgan fingerprint density at radius 1 is 1.05 bits per heavy atom. The van der Waals surface area contributed by atoms with Gasteiger partial charge in [0, 0.05) is 17.9 Å². The summed E-state index contributed by atoms with van der Waals surface area (Å²) >= 11 is 0. The van der Waals surface area contributed by atoms with Gasteiger partial charge in [0.1, 0.15) is 5.78 Å². The second-order valence-corrected chi connectivity index (χ2v) is 8.29. The molecule has 0 heterocycles. The van der Waals surface area contributed by atoms with Gasteiger partial charge in [0.05, 0.1) is 6.10 Å². The molecular weight excluding hydrogens is 236 g/mol. The number of Topliss-reactive ketones (excluding diaryl/α,β-unsaturated/α-hetero) is 1. The van der Waals surface area contributed by atoms with Crippen LogP contribution in [-0.2, 0) is 9.53 Å². The van der Waals surface area contributed by atoms with Gasteiger partial charge in [0.15, 0.2) is 0 Å². The van der Waals surface area contributed by atoms with E-state index in [1.54, 1.807) is 0 Å². The Labute approximate surface area is 119 Å². The summed E-state index contributed by atoms with van der Waals surface area (Å²) in [7, 11) is 0. The average Bonchev–Trinajstić information content (AvgIpc) is 2.16. The van der Waals surface area contributed by atoms with Crippen LogP contribution in [0.2, 0.25) is 0 Å². The predicted octanol–water partition coefficient (Wildman–Crippen LogP) is 4.61. The van der Waals surface area contributed by atoms with E-state index >= 15 is 0 Å². The third-order valence-corrected chi connectivity index (χ3v) is 3.88. The SMILES string of the molecule is CC(C)(C)CCCCOC1CC(C(=O)C(C)(C)C)C1. The summed E-state index contributed by atoms with van der Waals surface area (Å²) < 4.78 is 5.83. The van der Waals surface area contributed by atoms with Gasteiger partial charge in [-0.2, -0.15) is 0 Å². The minimum Gasteiger partial charge on any atom is -0.378 e. The van der Waals surface area contributed by atoms with Crippen LogP contribution in [0, 0.1) is 16.7 Å². The van der Waals surface area contributed by atoms with E-state index < -0.39 is 0 Å². The van der Waals surface area contributed by atoms with E-state index in [1.807, 2.05) is 20.8 Å². The van der Waals surface area contributed by atoms with Crippen LogP contribution in [0.25, 0.3) is 0 Å². The minimum absolute atomic E-state index is 0.192. The number of hydrogen-bond donors (Lipinski definition) is 0. The van der Waals surface area contributed by atoms with E-state index in [4.69, 9.17) is 4.74 Å². The molecular formula is C17H32O2. The first kappa shape index (κ1) is 16.7. The van der Waals surface area contributed by atoms with E-state index in [1.165, 1.54) is 12.8 Å². The van der Waals surface area contributed by atoms with E-state index in [9.17, 15) is 4.79 Å². The molecule has 1 fully saturated rings. The minimum atomic E-state index is -0.192. The van der Waals surface area contributed by atoms with Gasteiger partial charge in [-0.05, 0) is 31.1 Å². The molecule has 0 N–H and O–H groups in total. The molecule has 0 radical (unpaired) electrons. The molecule has 0 aromatic carbocycles. The summed E-state index contributed by atoms with van der Waals surface area (Å²) in [6.45, 7) is 13.7. The first-order valence-corrected chi connectivity index (χ1v) is 7.75. The number of rotatable bonds is 6. The van der Waals surface area contributed by atoms with E-state index in [-0.39, 0.29) is 11.3 Å². The number of carbonyl (C=O) groups is 1. The molecule has 0 bridgehead atoms. The monoisotopic (exact) mass is 268 g/mol. The Morgan fingerprint density at radius 3 is 2.11 bits per heavy atom. The van der Waals surface area contributed by atoms with Crippen molar-refractivity contribution in [1.29, 1.82) is 0 Å². The second kappa shape index (κ2) is 6.39. The van der Waals surface area contributed by atoms with Crippen LogP contribution < -0.4 is 0 Å². The summed E-state index contributed by atoms with van der Waals surface area (Å²) in [4.78, 5) is 12.0. The highest BCUT2D eigenvalue weighted by atomic mass is 16.5. The Hall–Kier alpha value is -0.370. The zero-order chi connectivity index (χ0) is 14.7. The van der Waals surface area contributed by atoms with Crippen molar-refractivity contribution in [2.45, 2.75) is 79.8 Å². The maximum Gasteiger partial charge on any atom is 0.141 e. The molecule has 0 saturated heterocycles. The first-order chi connectivity index (χ1) is 8.59. The van der Waals surface area contributed by atoms with E-state index in [2.05, 4.69) is 20.8 Å². The van der Waals surface area contributed by atoms with Crippen molar-refractivity contribution in [3.63, 3.8) is 0 Å². The lowest BCUT2D eigenvalue weighted by molar-refractivity contribution is -0.139. The molecule has 0 amide bonds. The fourth-order valence-corrected chi connectivity index (χ4v) is 2.54. The molecule has 1 aliphatic rings. The molecule has 0 atom stereocenters. The number of ether oxygens (including phenoxy) is 1. The first-order valence-electron chi connectivity index (χ1n) is 7.75. The summed E-state index contributed by atoms with van der Waals surface area (Å²) in [6.07, 6.45) is 5.86. The number of unbranched alkanes of at least 4 members (excludes halogenated alkanes) is 1. The zero-order valence-corrected chi connectivity index (χ0v) is 13.7. The van der Waals surface area contributed by atoms with Crippen LogP contribution in [0.3, 0.4) is 0 Å². The fourth-order valence-electron chi connectivity index (χ4n) is 2.54. The van der Waals surface area contributed by atoms with Crippen molar-refractivity contribution >= 4 is 5.78 Å². The quantitative estimate of drug-likeness (QED) is 0.657. The zero-order valence-electron chi connectivity index (χ0n) is 13.7. The standard InChI is InChI=1S/C17H32O2/c1-16(2,3)9-7-8-10-19-14-11-13(12-14)15(18)17(4,5)6/h13-14H,7-12H2,1-6H3. The highest BCUT2D eigenvalue weighted by molar-refractivity contribution is 5.86. The van der Waals surface area contributed by atoms with Crippen LogP contribution in [-0.4, -0.2) is 18.5 Å². The van der Waals surface area contributed by atoms with Crippen LogP contribution in [0.15, 0.2) is 0 Å². The largest absolute Gasteiger partial charge is 0.378 e. The molecule has 19 heavy (non-hydrogen) atoms. The Morgan fingerprint density at radius 2 is 1.63 bits per heavy atom. The van der Waals surface area contributed by atoms with Gasteiger partial charge in [0.25, 0.3) is 0 Å². The molecule has 0 aliphatic heterocycles. The Bertz CT molecular complexity index is 287. The maximum absolute atomic E-state index is 12.0. The fraction of sp³-hybridized carbons (Fsp3) is 0.941. The molecule has 2 nitrogen and oxygen atoms in total. The molecule has 112 valence electrons. The maximum atomic E-state index is 12.0. The van der Waals surface area contributed by atoms with Crippen molar-refractivity contribution in [1.82, 2.24) is 0 Å². The van der Waals surface area contributed by atoms with Crippen molar-refractivity contribution in [3.8, 4) is 0 Å². The van der Waals surface area contributed by atoms with Crippen molar-refractivity contribution in [2.24, 2.45) is 16.7 Å². The average molecular weight is 268 g/mol. The van der Waals surface area contributed by atoms with Gasteiger partial charge >= 0.3 is 0 Å². The summed E-state index contributed by atoms with van der Waals surface area (Å²) in [5, 5.41) is 0. The van der Waals surface area contributed by atoms with Gasteiger partial charge in [-0.3, -0.25) is 4.79 Å². The molecule has 2 heteroatoms. The third kappa shape index (κ3) is 6.07. The molecule has 0 aromatic heterocycles. The normalized spacial score (nSPS) is 24.1. The Kier molecular flexibility index (Phi) is 5.61. The number of carbonyl (C=O) groups excluding carboxylic acids is 1. The second-order valence-electron chi connectivity index (χ2n) is 8.29. The highest BCUT2D eigenvalue weighted by Gasteiger charge is 2.39. The van der Waals surface area contributed by atoms with Crippen molar-refractivity contribution in [2.75, 3.05) is 6.61 Å². The smallest absolute Gasteiger partial charge is 0.141 e. The molecule has 0 aromatic rings. The van der Waals surface area contributed by atoms with Crippen LogP contribution in [0.1, 0.15) is 73.6 Å². The molecule has 1 aliphatic carbocycles. The van der Waals surface area contributed by atoms with Gasteiger partial charge in [0.2, 0.25) is 0 Å². The van der Waals surface area contributed by atoms with Gasteiger partial charge in [-0.15, -0.1) is 0 Å². The lowest BCUT2D eigenvalue weighted by Crippen LogP contribution is -2.41.